The molecule has 5 aromatic rings. The van der Waals surface area contributed by atoms with Crippen molar-refractivity contribution >= 4 is 46.5 Å². The van der Waals surface area contributed by atoms with Gasteiger partial charge in [0.15, 0.2) is 6.29 Å². The molecule has 2 aromatic carbocycles. The first-order valence-electron chi connectivity index (χ1n) is 11.9. The largest absolute Gasteiger partial charge is 0.319 e. The zero-order chi connectivity index (χ0) is 26.6. The minimum atomic E-state index is -0.416. The first kappa shape index (κ1) is 25.0. The van der Waals surface area contributed by atoms with Crippen molar-refractivity contribution in [1.29, 1.82) is 0 Å². The molecule has 7 heteroatoms. The van der Waals surface area contributed by atoms with Gasteiger partial charge in [0.25, 0.3) is 5.91 Å². The predicted octanol–water partition coefficient (Wildman–Crippen LogP) is 6.95. The van der Waals surface area contributed by atoms with Crippen LogP contribution in [0.25, 0.3) is 28.1 Å². The van der Waals surface area contributed by atoms with E-state index in [4.69, 9.17) is 11.6 Å². The van der Waals surface area contributed by atoms with Gasteiger partial charge in [0.2, 0.25) is 0 Å². The molecule has 5 rings (SSSR count). The van der Waals surface area contributed by atoms with E-state index in [1.165, 1.54) is 12.3 Å². The number of aldehydes is 1. The van der Waals surface area contributed by atoms with Gasteiger partial charge >= 0.3 is 0 Å². The molecule has 0 radical (unpaired) electrons. The lowest BCUT2D eigenvalue weighted by Gasteiger charge is -2.15. The third-order valence-electron chi connectivity index (χ3n) is 6.43. The number of benzene rings is 2. The average molecular weight is 519 g/mol. The van der Waals surface area contributed by atoms with Gasteiger partial charge < -0.3 is 5.32 Å². The summed E-state index contributed by atoms with van der Waals surface area (Å²) in [4.78, 5) is 36.9. The number of anilines is 1. The molecule has 0 aliphatic carbocycles. The van der Waals surface area contributed by atoms with Crippen LogP contribution in [0, 0.1) is 6.92 Å². The number of hydrogen-bond donors (Lipinski definition) is 1. The van der Waals surface area contributed by atoms with Crippen molar-refractivity contribution in [1.82, 2.24) is 15.0 Å². The van der Waals surface area contributed by atoms with E-state index in [2.05, 4.69) is 45.9 Å². The number of nitrogens with zero attached hydrogens (tertiary/aromatic N) is 3. The molecule has 0 saturated carbocycles. The zero-order valence-electron chi connectivity index (χ0n) is 20.6. The lowest BCUT2D eigenvalue weighted by molar-refractivity contribution is 0.102. The lowest BCUT2D eigenvalue weighted by Crippen LogP contribution is -2.14. The van der Waals surface area contributed by atoms with Crippen LogP contribution in [0.1, 0.15) is 43.2 Å². The fourth-order valence-electron chi connectivity index (χ4n) is 4.36. The number of pyridine rings is 3. The topological polar surface area (TPSA) is 84.8 Å². The van der Waals surface area contributed by atoms with E-state index < -0.39 is 5.91 Å². The molecule has 3 heterocycles. The second-order valence-electron chi connectivity index (χ2n) is 8.78. The van der Waals surface area contributed by atoms with Crippen LogP contribution >= 0.6 is 11.6 Å². The summed E-state index contributed by atoms with van der Waals surface area (Å²) in [6.45, 7) is 5.88. The Morgan fingerprint density at radius 3 is 2.53 bits per heavy atom. The van der Waals surface area contributed by atoms with Crippen LogP contribution in [0.3, 0.4) is 0 Å². The maximum Gasteiger partial charge on any atom is 0.274 e. The molecule has 186 valence electrons. The Bertz CT molecular complexity index is 1700. The van der Waals surface area contributed by atoms with Crippen LogP contribution in [0.4, 0.5) is 5.69 Å². The number of hydrogen-bond acceptors (Lipinski definition) is 5. The number of halogens is 1. The SMILES string of the molecule is C=Cc1cnc2c(Cc3cccc(-c4cccc(NC(=O)c5ccc(C=O)cn5)c4Cl)c3C)nccc2c1. The highest BCUT2D eigenvalue weighted by molar-refractivity contribution is 6.36. The van der Waals surface area contributed by atoms with Crippen LogP contribution in [0.2, 0.25) is 5.02 Å². The van der Waals surface area contributed by atoms with Gasteiger partial charge in [-0.3, -0.25) is 24.5 Å². The van der Waals surface area contributed by atoms with Gasteiger partial charge in [0, 0.05) is 41.5 Å². The first-order valence-corrected chi connectivity index (χ1v) is 12.3. The number of carbonyl (C=O) groups is 2. The fourth-order valence-corrected chi connectivity index (χ4v) is 4.63. The molecule has 0 bridgehead atoms. The molecule has 3 aromatic heterocycles. The molecule has 0 spiro atoms. The molecule has 0 saturated heterocycles. The summed E-state index contributed by atoms with van der Waals surface area (Å²) in [6.07, 6.45) is 8.02. The van der Waals surface area contributed by atoms with E-state index in [0.29, 0.717) is 29.0 Å². The maximum atomic E-state index is 12.7. The second kappa shape index (κ2) is 10.7. The molecule has 0 atom stereocenters. The minimum absolute atomic E-state index is 0.187. The Balaban J connectivity index is 1.46. The van der Waals surface area contributed by atoms with Crippen LogP contribution in [-0.2, 0) is 6.42 Å². The van der Waals surface area contributed by atoms with E-state index in [9.17, 15) is 9.59 Å². The fraction of sp³-hybridized carbons (Fsp3) is 0.0645. The number of nitrogens with one attached hydrogen (secondary N) is 1. The summed E-state index contributed by atoms with van der Waals surface area (Å²) in [5.74, 6) is -0.416. The van der Waals surface area contributed by atoms with Crippen molar-refractivity contribution in [3.63, 3.8) is 0 Å². The van der Waals surface area contributed by atoms with Gasteiger partial charge in [-0.25, -0.2) is 0 Å². The second-order valence-corrected chi connectivity index (χ2v) is 9.16. The van der Waals surface area contributed by atoms with E-state index >= 15 is 0 Å². The lowest BCUT2D eigenvalue weighted by atomic mass is 9.93. The smallest absolute Gasteiger partial charge is 0.274 e. The van der Waals surface area contributed by atoms with Crippen LogP contribution in [-0.4, -0.2) is 27.1 Å². The van der Waals surface area contributed by atoms with E-state index in [1.54, 1.807) is 30.6 Å². The molecule has 1 amide bonds. The molecule has 0 aliphatic heterocycles. The summed E-state index contributed by atoms with van der Waals surface area (Å²) in [5, 5.41) is 4.27. The van der Waals surface area contributed by atoms with Gasteiger partial charge in [-0.1, -0.05) is 54.6 Å². The highest BCUT2D eigenvalue weighted by Crippen LogP contribution is 2.37. The molecule has 0 unspecified atom stereocenters. The molecular weight excluding hydrogens is 496 g/mol. The van der Waals surface area contributed by atoms with Crippen molar-refractivity contribution in [2.24, 2.45) is 0 Å². The third-order valence-corrected chi connectivity index (χ3v) is 6.84. The van der Waals surface area contributed by atoms with Gasteiger partial charge in [-0.05, 0) is 59.5 Å². The van der Waals surface area contributed by atoms with Crippen LogP contribution in [0.5, 0.6) is 0 Å². The van der Waals surface area contributed by atoms with Gasteiger partial charge in [-0.15, -0.1) is 0 Å². The zero-order valence-corrected chi connectivity index (χ0v) is 21.4. The number of rotatable bonds is 7. The Morgan fingerprint density at radius 1 is 0.974 bits per heavy atom. The summed E-state index contributed by atoms with van der Waals surface area (Å²) in [6, 6.07) is 18.6. The molecule has 0 aliphatic rings. The molecule has 1 N–H and O–H groups in total. The maximum absolute atomic E-state index is 12.7. The Hall–Kier alpha value is -4.68. The number of carbonyl (C=O) groups excluding carboxylic acids is 2. The Labute approximate surface area is 225 Å². The van der Waals surface area contributed by atoms with Crippen LogP contribution in [0.15, 0.2) is 85.8 Å². The normalized spacial score (nSPS) is 10.8. The number of fused-ring (bicyclic) bond motifs is 1. The summed E-state index contributed by atoms with van der Waals surface area (Å²) in [5.41, 5.74) is 7.68. The quantitative estimate of drug-likeness (QED) is 0.235. The molecule has 0 fully saturated rings. The summed E-state index contributed by atoms with van der Waals surface area (Å²) in [7, 11) is 0. The third kappa shape index (κ3) is 4.94. The Morgan fingerprint density at radius 2 is 1.76 bits per heavy atom. The van der Waals surface area contributed by atoms with Gasteiger partial charge in [0.1, 0.15) is 5.69 Å². The van der Waals surface area contributed by atoms with Gasteiger partial charge in [-0.2, -0.15) is 0 Å². The summed E-state index contributed by atoms with van der Waals surface area (Å²) < 4.78 is 0. The Kier molecular flexibility index (Phi) is 7.07. The highest BCUT2D eigenvalue weighted by atomic mass is 35.5. The number of amides is 1. The molecule has 6 nitrogen and oxygen atoms in total. The van der Waals surface area contributed by atoms with Crippen molar-refractivity contribution in [3.05, 3.63) is 124 Å². The van der Waals surface area contributed by atoms with Crippen LogP contribution < -0.4 is 5.32 Å². The van der Waals surface area contributed by atoms with Crippen molar-refractivity contribution < 1.29 is 9.59 Å². The van der Waals surface area contributed by atoms with Crippen molar-refractivity contribution in [2.45, 2.75) is 13.3 Å². The monoisotopic (exact) mass is 518 g/mol. The van der Waals surface area contributed by atoms with E-state index in [0.717, 1.165) is 44.4 Å². The minimum Gasteiger partial charge on any atom is -0.319 e. The molecule has 38 heavy (non-hydrogen) atoms. The van der Waals surface area contributed by atoms with Gasteiger partial charge in [0.05, 0.1) is 21.9 Å². The number of aromatic nitrogens is 3. The predicted molar refractivity (Wildman–Crippen MR) is 152 cm³/mol. The highest BCUT2D eigenvalue weighted by Gasteiger charge is 2.16. The average Bonchev–Trinajstić information content (AvgIpc) is 2.95. The standard InChI is InChI=1S/C31H23ClN4O2/c1-3-20-14-23-12-13-33-28(30(23)35-16-20)15-22-6-4-7-24(19(22)2)25-8-5-9-26(29(25)32)36-31(38)27-11-10-21(18-37)17-34-27/h3-14,16-18H,1,15H2,2H3,(H,36,38). The van der Waals surface area contributed by atoms with Crippen molar-refractivity contribution in [3.8, 4) is 11.1 Å². The van der Waals surface area contributed by atoms with E-state index in [-0.39, 0.29) is 5.69 Å². The van der Waals surface area contributed by atoms with E-state index in [1.807, 2.05) is 30.3 Å². The first-order chi connectivity index (χ1) is 18.5. The summed E-state index contributed by atoms with van der Waals surface area (Å²) >= 11 is 6.80. The van der Waals surface area contributed by atoms with Crippen molar-refractivity contribution in [2.75, 3.05) is 5.32 Å². The molecular formula is C31H23ClN4O2.